The maximum Gasteiger partial charge on any atom is 0.407 e. The molecule has 0 aromatic carbocycles. The number of methoxy groups -OCH3 is 1. The van der Waals surface area contributed by atoms with Gasteiger partial charge in [0.2, 0.25) is 29.5 Å². The van der Waals surface area contributed by atoms with Crippen molar-refractivity contribution >= 4 is 53.4 Å². The van der Waals surface area contributed by atoms with E-state index < -0.39 is 90.3 Å². The molecule has 1 saturated carbocycles. The zero-order chi connectivity index (χ0) is 47.5. The van der Waals surface area contributed by atoms with E-state index in [4.69, 9.17) is 23.7 Å². The molecule has 1 aliphatic carbocycles. The lowest BCUT2D eigenvalue weighted by Crippen LogP contribution is -2.56. The monoisotopic (exact) mass is 923 g/mol. The summed E-state index contributed by atoms with van der Waals surface area (Å²) in [6, 6.07) is -4.36. The van der Waals surface area contributed by atoms with E-state index in [1.807, 2.05) is 34.0 Å². The first-order chi connectivity index (χ1) is 30.2. The molecule has 5 N–H and O–H groups in total. The third-order valence-electron chi connectivity index (χ3n) is 12.7. The van der Waals surface area contributed by atoms with Crippen LogP contribution in [0.2, 0.25) is 0 Å². The molecule has 11 atom stereocenters. The maximum absolute atomic E-state index is 13.4. The van der Waals surface area contributed by atoms with Crippen molar-refractivity contribution in [2.24, 2.45) is 17.8 Å². The lowest BCUT2D eigenvalue weighted by Gasteiger charge is -2.42. The fourth-order valence-electron chi connectivity index (χ4n) is 8.89. The Labute approximate surface area is 382 Å². The Kier molecular flexibility index (Phi) is 19.3. The highest BCUT2D eigenvalue weighted by Crippen LogP contribution is 2.59. The van der Waals surface area contributed by atoms with Crippen LogP contribution in [0.1, 0.15) is 107 Å². The van der Waals surface area contributed by atoms with Crippen molar-refractivity contribution < 1.29 is 57.2 Å². The predicted molar refractivity (Wildman–Crippen MR) is 240 cm³/mol. The number of epoxide rings is 2. The highest BCUT2D eigenvalue weighted by atomic mass is 32.2. The lowest BCUT2D eigenvalue weighted by molar-refractivity contribution is -0.148. The molecular formula is C45H74N6O12S. The van der Waals surface area contributed by atoms with Crippen LogP contribution in [0.15, 0.2) is 11.6 Å². The summed E-state index contributed by atoms with van der Waals surface area (Å²) in [4.78, 5) is 92.9. The molecule has 64 heavy (non-hydrogen) atoms. The number of ether oxygens (including phenoxy) is 5. The summed E-state index contributed by atoms with van der Waals surface area (Å²) < 4.78 is 29.9. The summed E-state index contributed by atoms with van der Waals surface area (Å²) in [7, 11) is 1.61. The number of esters is 1. The Balaban J connectivity index is 1.27. The zero-order valence-corrected chi connectivity index (χ0v) is 40.5. The Hall–Kier alpha value is -3.94. The Morgan fingerprint density at radius 3 is 2.23 bits per heavy atom. The molecule has 0 aromatic rings. The quantitative estimate of drug-likeness (QED) is 0.0564. The predicted octanol–water partition coefficient (Wildman–Crippen LogP) is 2.76. The standard InChI is InChI=1S/C45H74N6O12S/c1-25(2)14-15-35-44(9,63-35)38-37(59-10)34(16-18-45(38)24-61-45)62-43(58)50-32(27(5)6)23-60-42(57)28(7)47-40(55)30(17-20-64-11)48-36(53)22-46-39(54)31(21-26(3)4)49-41(56)33-13-12-19-51(33)29(8)52/h14,26-28,30-35,37-38H,12-13,15-24H2,1-11H3,(H,46,54)(H,47,55)(H,48,53)(H,49,56)(H,50,58)/t28-,30-,31-,32-,33-,34+,35+,37+,38+,44+,45-/m0/s1. The van der Waals surface area contributed by atoms with Gasteiger partial charge in [-0.3, -0.25) is 24.0 Å². The fraction of sp³-hybridized carbons (Fsp3) is 0.800. The van der Waals surface area contributed by atoms with E-state index in [2.05, 4.69) is 53.4 Å². The van der Waals surface area contributed by atoms with E-state index >= 15 is 0 Å². The van der Waals surface area contributed by atoms with Crippen LogP contribution >= 0.6 is 11.8 Å². The van der Waals surface area contributed by atoms with E-state index in [-0.39, 0.29) is 48.4 Å². The third-order valence-corrected chi connectivity index (χ3v) is 13.4. The second-order valence-electron chi connectivity index (χ2n) is 18.9. The average Bonchev–Trinajstić information content (AvgIpc) is 4.08. The van der Waals surface area contributed by atoms with Gasteiger partial charge in [0, 0.05) is 20.6 Å². The normalized spacial score (nSPS) is 27.7. The highest BCUT2D eigenvalue weighted by Gasteiger charge is 2.72. The number of allylic oxidation sites excluding steroid dienone is 1. The van der Waals surface area contributed by atoms with Crippen LogP contribution in [0, 0.1) is 17.8 Å². The molecule has 18 nitrogen and oxygen atoms in total. The van der Waals surface area contributed by atoms with Crippen molar-refractivity contribution in [2.75, 3.05) is 45.4 Å². The summed E-state index contributed by atoms with van der Waals surface area (Å²) in [6.45, 7) is 17.0. The molecule has 0 radical (unpaired) electrons. The van der Waals surface area contributed by atoms with Crippen LogP contribution in [0.3, 0.4) is 0 Å². The van der Waals surface area contributed by atoms with Crippen LogP contribution in [0.5, 0.6) is 0 Å². The second kappa shape index (κ2) is 23.5. The molecule has 1 spiro atoms. The molecule has 3 saturated heterocycles. The number of nitrogens with zero attached hydrogens (tertiary/aromatic N) is 1. The van der Waals surface area contributed by atoms with Crippen molar-refractivity contribution in [1.82, 2.24) is 31.5 Å². The third kappa shape index (κ3) is 14.3. The topological polar surface area (TPSA) is 236 Å². The maximum atomic E-state index is 13.4. The van der Waals surface area contributed by atoms with Crippen molar-refractivity contribution in [3.63, 3.8) is 0 Å². The van der Waals surface area contributed by atoms with Crippen LogP contribution < -0.4 is 26.6 Å². The van der Waals surface area contributed by atoms with Crippen LogP contribution in [-0.2, 0) is 52.5 Å². The lowest BCUT2D eigenvalue weighted by atomic mass is 9.68. The van der Waals surface area contributed by atoms with Gasteiger partial charge in [0.1, 0.15) is 54.2 Å². The largest absolute Gasteiger partial charge is 0.462 e. The minimum atomic E-state index is -1.11. The van der Waals surface area contributed by atoms with E-state index in [9.17, 15) is 33.6 Å². The average molecular weight is 923 g/mol. The molecule has 6 amide bonds. The molecule has 0 bridgehead atoms. The molecule has 4 rings (SSSR count). The van der Waals surface area contributed by atoms with Gasteiger partial charge in [0.05, 0.1) is 31.2 Å². The van der Waals surface area contributed by atoms with E-state index in [0.29, 0.717) is 51.0 Å². The molecular weight excluding hydrogens is 849 g/mol. The van der Waals surface area contributed by atoms with Gasteiger partial charge in [0.25, 0.3) is 0 Å². The zero-order valence-electron chi connectivity index (χ0n) is 39.7. The number of likely N-dealkylation sites (tertiary alicyclic amines) is 1. The summed E-state index contributed by atoms with van der Waals surface area (Å²) >= 11 is 1.46. The van der Waals surface area contributed by atoms with Gasteiger partial charge in [-0.2, -0.15) is 11.8 Å². The number of rotatable bonds is 23. The molecule has 3 aliphatic heterocycles. The first-order valence-corrected chi connectivity index (χ1v) is 24.1. The van der Waals surface area contributed by atoms with Gasteiger partial charge in [-0.1, -0.05) is 39.3 Å². The van der Waals surface area contributed by atoms with Gasteiger partial charge >= 0.3 is 12.1 Å². The summed E-state index contributed by atoms with van der Waals surface area (Å²) in [5, 5.41) is 13.4. The van der Waals surface area contributed by atoms with Crippen molar-refractivity contribution in [3.8, 4) is 0 Å². The number of amides is 6. The summed E-state index contributed by atoms with van der Waals surface area (Å²) in [5.41, 5.74) is 0.347. The van der Waals surface area contributed by atoms with Crippen molar-refractivity contribution in [3.05, 3.63) is 11.6 Å². The van der Waals surface area contributed by atoms with Crippen LogP contribution in [0.25, 0.3) is 0 Å². The molecule has 362 valence electrons. The van der Waals surface area contributed by atoms with E-state index in [0.717, 1.165) is 6.42 Å². The number of hydrogen-bond acceptors (Lipinski definition) is 13. The number of hydrogen-bond donors (Lipinski definition) is 5. The van der Waals surface area contributed by atoms with Gasteiger partial charge in [-0.05, 0) is 96.5 Å². The number of nitrogens with one attached hydrogen (secondary N) is 5. The molecule has 4 aliphatic rings. The smallest absolute Gasteiger partial charge is 0.407 e. The molecule has 3 heterocycles. The number of alkyl carbamates (subject to hydrolysis) is 1. The van der Waals surface area contributed by atoms with Crippen molar-refractivity contribution in [2.45, 2.75) is 167 Å². The van der Waals surface area contributed by atoms with Crippen LogP contribution in [-0.4, -0.2) is 152 Å². The molecule has 19 heteroatoms. The van der Waals surface area contributed by atoms with Gasteiger partial charge in [-0.25, -0.2) is 9.59 Å². The molecule has 0 unspecified atom stereocenters. The number of carbonyl (C=O) groups is 7. The first kappa shape index (κ1) is 52.7. The highest BCUT2D eigenvalue weighted by molar-refractivity contribution is 7.98. The fourth-order valence-corrected chi connectivity index (χ4v) is 9.36. The molecule has 4 fully saturated rings. The number of carbonyl (C=O) groups excluding carboxylic acids is 7. The summed E-state index contributed by atoms with van der Waals surface area (Å²) in [5.74, 6) is -2.98. The van der Waals surface area contributed by atoms with E-state index in [1.165, 1.54) is 36.1 Å². The summed E-state index contributed by atoms with van der Waals surface area (Å²) in [6.07, 6.45) is 6.04. The van der Waals surface area contributed by atoms with Gasteiger partial charge in [0.15, 0.2) is 0 Å². The van der Waals surface area contributed by atoms with Crippen molar-refractivity contribution in [1.29, 1.82) is 0 Å². The van der Waals surface area contributed by atoms with E-state index in [1.54, 1.807) is 7.11 Å². The Morgan fingerprint density at radius 1 is 0.938 bits per heavy atom. The first-order valence-electron chi connectivity index (χ1n) is 22.7. The minimum absolute atomic E-state index is 0.00547. The second-order valence-corrected chi connectivity index (χ2v) is 19.8. The minimum Gasteiger partial charge on any atom is -0.462 e. The molecule has 0 aromatic heterocycles. The Bertz CT molecular complexity index is 1700. The van der Waals surface area contributed by atoms with Gasteiger partial charge < -0.3 is 55.2 Å². The Morgan fingerprint density at radius 2 is 1.64 bits per heavy atom. The van der Waals surface area contributed by atoms with Crippen LogP contribution in [0.4, 0.5) is 4.79 Å². The van der Waals surface area contributed by atoms with Gasteiger partial charge in [-0.15, -0.1) is 0 Å². The number of thioether (sulfide) groups is 1. The SMILES string of the molecule is CO[C@@H]1[C@H](OC(=O)N[C@@H](COC(=O)[C@H](C)NC(=O)[C@H](CCSC)NC(=O)CNC(=O)[C@H](CC(C)C)NC(=O)[C@@H]2CCCN2C(C)=O)C(C)C)CC[C@]2(CO2)[C@H]1[C@]1(C)O[C@@H]1CC=C(C)C.